The van der Waals surface area contributed by atoms with E-state index in [9.17, 15) is 0 Å². The van der Waals surface area contributed by atoms with E-state index >= 15 is 0 Å². The zero-order chi connectivity index (χ0) is 10.2. The Morgan fingerprint density at radius 1 is 1.64 bits per heavy atom. The topological polar surface area (TPSA) is 41.5 Å². The van der Waals surface area contributed by atoms with Crippen LogP contribution < -0.4 is 5.32 Å². The first-order valence-corrected chi connectivity index (χ1v) is 6.69. The van der Waals surface area contributed by atoms with Gasteiger partial charge in [-0.15, -0.1) is 0 Å². The third-order valence-corrected chi connectivity index (χ3v) is 3.21. The molecular formula is C10H21NO2S. The average molecular weight is 219 g/mol. The molecule has 14 heavy (non-hydrogen) atoms. The van der Waals surface area contributed by atoms with Crippen LogP contribution in [0.1, 0.15) is 19.3 Å². The van der Waals surface area contributed by atoms with Crippen molar-refractivity contribution >= 4 is 11.8 Å². The molecule has 0 bridgehead atoms. The molecule has 2 unspecified atom stereocenters. The van der Waals surface area contributed by atoms with E-state index in [1.807, 2.05) is 11.8 Å². The molecule has 0 aromatic heterocycles. The molecule has 1 aliphatic heterocycles. The van der Waals surface area contributed by atoms with Crippen molar-refractivity contribution in [1.29, 1.82) is 0 Å². The maximum atomic E-state index is 8.91. The van der Waals surface area contributed by atoms with Gasteiger partial charge in [-0.1, -0.05) is 0 Å². The maximum absolute atomic E-state index is 8.91. The molecule has 1 heterocycles. The van der Waals surface area contributed by atoms with E-state index < -0.39 is 0 Å². The highest BCUT2D eigenvalue weighted by Crippen LogP contribution is 2.09. The van der Waals surface area contributed by atoms with Gasteiger partial charge in [0.25, 0.3) is 0 Å². The molecule has 0 saturated carbocycles. The van der Waals surface area contributed by atoms with Gasteiger partial charge in [-0.2, -0.15) is 11.8 Å². The van der Waals surface area contributed by atoms with Crippen LogP contribution in [0.15, 0.2) is 0 Å². The van der Waals surface area contributed by atoms with Crippen LogP contribution in [-0.4, -0.2) is 49.0 Å². The fourth-order valence-corrected chi connectivity index (χ4v) is 2.44. The summed E-state index contributed by atoms with van der Waals surface area (Å²) in [6, 6.07) is 0.925. The van der Waals surface area contributed by atoms with E-state index in [2.05, 4.69) is 11.6 Å². The van der Waals surface area contributed by atoms with Crippen LogP contribution in [0.4, 0.5) is 0 Å². The first kappa shape index (κ1) is 12.3. The second kappa shape index (κ2) is 7.51. The molecule has 1 rings (SSSR count). The average Bonchev–Trinajstić information content (AvgIpc) is 2.20. The Balaban J connectivity index is 2.21. The highest BCUT2D eigenvalue weighted by Gasteiger charge is 2.17. The van der Waals surface area contributed by atoms with Crippen LogP contribution in [0.3, 0.4) is 0 Å². The lowest BCUT2D eigenvalue weighted by atomic mass is 10.1. The van der Waals surface area contributed by atoms with Gasteiger partial charge in [-0.25, -0.2) is 0 Å². The van der Waals surface area contributed by atoms with Crippen molar-refractivity contribution in [3.8, 4) is 0 Å². The standard InChI is InChI=1S/C10H21NO2S/c1-14-8-10(4-5-12)11-9-3-2-6-13-7-9/h9-12H,2-8H2,1H3. The molecule has 0 radical (unpaired) electrons. The molecule has 1 fully saturated rings. The second-order valence-electron chi connectivity index (χ2n) is 3.75. The highest BCUT2D eigenvalue weighted by molar-refractivity contribution is 7.98. The van der Waals surface area contributed by atoms with Gasteiger partial charge in [0.15, 0.2) is 0 Å². The monoisotopic (exact) mass is 219 g/mol. The summed E-state index contributed by atoms with van der Waals surface area (Å²) in [7, 11) is 0. The van der Waals surface area contributed by atoms with Gasteiger partial charge in [-0.05, 0) is 25.5 Å². The zero-order valence-electron chi connectivity index (χ0n) is 8.87. The van der Waals surface area contributed by atoms with Crippen LogP contribution >= 0.6 is 11.8 Å². The van der Waals surface area contributed by atoms with Gasteiger partial charge >= 0.3 is 0 Å². The molecule has 0 amide bonds. The lowest BCUT2D eigenvalue weighted by Gasteiger charge is -2.28. The molecule has 2 atom stereocenters. The first-order valence-electron chi connectivity index (χ1n) is 5.30. The molecule has 1 aliphatic rings. The lowest BCUT2D eigenvalue weighted by Crippen LogP contribution is -2.44. The molecule has 0 aromatic carbocycles. The summed E-state index contributed by atoms with van der Waals surface area (Å²) in [5, 5.41) is 12.5. The molecule has 1 saturated heterocycles. The minimum Gasteiger partial charge on any atom is -0.396 e. The van der Waals surface area contributed by atoms with Crippen molar-refractivity contribution in [3.05, 3.63) is 0 Å². The maximum Gasteiger partial charge on any atom is 0.0619 e. The number of hydrogen-bond acceptors (Lipinski definition) is 4. The Morgan fingerprint density at radius 2 is 2.50 bits per heavy atom. The third-order valence-electron chi connectivity index (χ3n) is 2.48. The van der Waals surface area contributed by atoms with E-state index in [0.29, 0.717) is 12.1 Å². The molecular weight excluding hydrogens is 198 g/mol. The van der Waals surface area contributed by atoms with Gasteiger partial charge in [-0.3, -0.25) is 0 Å². The third kappa shape index (κ3) is 4.64. The molecule has 0 spiro atoms. The Labute approximate surface area is 90.6 Å². The van der Waals surface area contributed by atoms with E-state index in [1.54, 1.807) is 0 Å². The fraction of sp³-hybridized carbons (Fsp3) is 1.00. The smallest absolute Gasteiger partial charge is 0.0619 e. The fourth-order valence-electron chi connectivity index (χ4n) is 1.78. The quantitative estimate of drug-likeness (QED) is 0.695. The van der Waals surface area contributed by atoms with E-state index in [0.717, 1.165) is 31.8 Å². The Hall–Kier alpha value is 0.230. The second-order valence-corrected chi connectivity index (χ2v) is 4.66. The molecule has 2 N–H and O–H groups in total. The van der Waals surface area contributed by atoms with Crippen LogP contribution in [0.5, 0.6) is 0 Å². The molecule has 84 valence electrons. The van der Waals surface area contributed by atoms with Crippen LogP contribution in [0, 0.1) is 0 Å². The largest absolute Gasteiger partial charge is 0.396 e. The summed E-state index contributed by atoms with van der Waals surface area (Å²) >= 11 is 1.82. The summed E-state index contributed by atoms with van der Waals surface area (Å²) in [6.45, 7) is 2.01. The lowest BCUT2D eigenvalue weighted by molar-refractivity contribution is 0.0660. The molecule has 0 aliphatic carbocycles. The minimum absolute atomic E-state index is 0.270. The molecule has 3 nitrogen and oxygen atoms in total. The van der Waals surface area contributed by atoms with Crippen LogP contribution in [0.25, 0.3) is 0 Å². The number of thioether (sulfide) groups is 1. The summed E-state index contributed by atoms with van der Waals surface area (Å²) < 4.78 is 5.41. The SMILES string of the molecule is CSCC(CCO)NC1CCCOC1. The van der Waals surface area contributed by atoms with Crippen molar-refractivity contribution in [1.82, 2.24) is 5.32 Å². The first-order chi connectivity index (χ1) is 6.86. The number of rotatable bonds is 6. The number of ether oxygens (including phenoxy) is 1. The van der Waals surface area contributed by atoms with E-state index in [1.165, 1.54) is 6.42 Å². The molecule has 0 aromatic rings. The Morgan fingerprint density at radius 3 is 3.07 bits per heavy atom. The number of hydrogen-bond donors (Lipinski definition) is 2. The van der Waals surface area contributed by atoms with Gasteiger partial charge < -0.3 is 15.2 Å². The van der Waals surface area contributed by atoms with Gasteiger partial charge in [0, 0.05) is 31.1 Å². The van der Waals surface area contributed by atoms with Crippen molar-refractivity contribution in [2.75, 3.05) is 31.8 Å². The van der Waals surface area contributed by atoms with Crippen molar-refractivity contribution in [2.45, 2.75) is 31.3 Å². The summed E-state index contributed by atoms with van der Waals surface area (Å²) in [5.41, 5.74) is 0. The number of nitrogens with one attached hydrogen (secondary N) is 1. The van der Waals surface area contributed by atoms with Crippen molar-refractivity contribution in [3.63, 3.8) is 0 Å². The van der Waals surface area contributed by atoms with Crippen LogP contribution in [-0.2, 0) is 4.74 Å². The predicted molar refractivity (Wildman–Crippen MR) is 60.8 cm³/mol. The summed E-state index contributed by atoms with van der Waals surface area (Å²) in [4.78, 5) is 0. The minimum atomic E-state index is 0.270. The number of aliphatic hydroxyl groups excluding tert-OH is 1. The van der Waals surface area contributed by atoms with E-state index in [-0.39, 0.29) is 6.61 Å². The summed E-state index contributed by atoms with van der Waals surface area (Å²) in [5.74, 6) is 1.07. The van der Waals surface area contributed by atoms with Gasteiger partial charge in [0.05, 0.1) is 6.61 Å². The zero-order valence-corrected chi connectivity index (χ0v) is 9.68. The van der Waals surface area contributed by atoms with Gasteiger partial charge in [0.2, 0.25) is 0 Å². The van der Waals surface area contributed by atoms with Crippen molar-refractivity contribution < 1.29 is 9.84 Å². The highest BCUT2D eigenvalue weighted by atomic mass is 32.2. The van der Waals surface area contributed by atoms with Crippen LogP contribution in [0.2, 0.25) is 0 Å². The van der Waals surface area contributed by atoms with E-state index in [4.69, 9.17) is 9.84 Å². The normalized spacial score (nSPS) is 24.9. The Bertz CT molecular complexity index is 134. The summed E-state index contributed by atoms with van der Waals surface area (Å²) in [6.07, 6.45) is 5.31. The molecule has 4 heteroatoms. The number of aliphatic hydroxyl groups is 1. The predicted octanol–water partition coefficient (Wildman–Crippen LogP) is 0.869. The van der Waals surface area contributed by atoms with Crippen molar-refractivity contribution in [2.24, 2.45) is 0 Å². The Kier molecular flexibility index (Phi) is 6.60. The van der Waals surface area contributed by atoms with Gasteiger partial charge in [0.1, 0.15) is 0 Å².